The first-order valence-corrected chi connectivity index (χ1v) is 7.45. The fourth-order valence-corrected chi connectivity index (χ4v) is 2.43. The fourth-order valence-electron chi connectivity index (χ4n) is 1.88. The molecule has 1 amide bonds. The largest absolute Gasteiger partial charge is 0.322 e. The standard InChI is InChI=1S/C15H14N2O3S/c1-10-5-3-4-6-12(10)16-15(18)11-7-8-14(21-2)13(9-11)17(19)20/h3-9H,1-2H3,(H,16,18). The average Bonchev–Trinajstić information content (AvgIpc) is 2.48. The van der Waals surface area contributed by atoms with Crippen LogP contribution in [0.1, 0.15) is 15.9 Å². The van der Waals surface area contributed by atoms with Gasteiger partial charge in [0.25, 0.3) is 11.6 Å². The van der Waals surface area contributed by atoms with Crippen LogP contribution in [0.25, 0.3) is 0 Å². The monoisotopic (exact) mass is 302 g/mol. The minimum absolute atomic E-state index is 0.0556. The molecule has 0 saturated carbocycles. The van der Waals surface area contributed by atoms with Crippen molar-refractivity contribution in [3.63, 3.8) is 0 Å². The topological polar surface area (TPSA) is 72.2 Å². The highest BCUT2D eigenvalue weighted by Gasteiger charge is 2.17. The van der Waals surface area contributed by atoms with Crippen molar-refractivity contribution in [3.05, 3.63) is 63.7 Å². The summed E-state index contributed by atoms with van der Waals surface area (Å²) in [5.41, 5.74) is 1.84. The predicted molar refractivity (Wildman–Crippen MR) is 84.0 cm³/mol. The van der Waals surface area contributed by atoms with E-state index < -0.39 is 4.92 Å². The van der Waals surface area contributed by atoms with E-state index in [1.54, 1.807) is 24.5 Å². The summed E-state index contributed by atoms with van der Waals surface area (Å²) >= 11 is 1.28. The van der Waals surface area contributed by atoms with Crippen molar-refractivity contribution in [1.82, 2.24) is 0 Å². The zero-order chi connectivity index (χ0) is 15.4. The molecule has 2 aromatic carbocycles. The number of aryl methyl sites for hydroxylation is 1. The molecule has 6 heteroatoms. The average molecular weight is 302 g/mol. The molecule has 0 unspecified atom stereocenters. The minimum atomic E-state index is -0.476. The second kappa shape index (κ2) is 6.41. The summed E-state index contributed by atoms with van der Waals surface area (Å²) in [4.78, 5) is 23.3. The number of nitrogens with one attached hydrogen (secondary N) is 1. The van der Waals surface area contributed by atoms with Crippen molar-refractivity contribution >= 4 is 29.0 Å². The number of hydrogen-bond donors (Lipinski definition) is 1. The van der Waals surface area contributed by atoms with Gasteiger partial charge in [-0.2, -0.15) is 0 Å². The second-order valence-electron chi connectivity index (χ2n) is 4.41. The van der Waals surface area contributed by atoms with E-state index in [9.17, 15) is 14.9 Å². The third kappa shape index (κ3) is 3.41. The number of nitro benzene ring substituents is 1. The number of nitro groups is 1. The first kappa shape index (κ1) is 15.1. The Morgan fingerprint density at radius 3 is 2.57 bits per heavy atom. The van der Waals surface area contributed by atoms with Crippen molar-refractivity contribution in [2.45, 2.75) is 11.8 Å². The van der Waals surface area contributed by atoms with Gasteiger partial charge >= 0.3 is 0 Å². The normalized spacial score (nSPS) is 10.2. The van der Waals surface area contributed by atoms with E-state index in [-0.39, 0.29) is 17.2 Å². The van der Waals surface area contributed by atoms with E-state index in [1.807, 2.05) is 25.1 Å². The molecule has 0 aliphatic heterocycles. The third-order valence-electron chi connectivity index (χ3n) is 3.03. The number of nitrogens with zero attached hydrogens (tertiary/aromatic N) is 1. The molecule has 0 radical (unpaired) electrons. The molecule has 1 N–H and O–H groups in total. The third-order valence-corrected chi connectivity index (χ3v) is 3.82. The van der Waals surface area contributed by atoms with Gasteiger partial charge in [-0.25, -0.2) is 0 Å². The van der Waals surface area contributed by atoms with Crippen molar-refractivity contribution in [1.29, 1.82) is 0 Å². The Kier molecular flexibility index (Phi) is 4.59. The van der Waals surface area contributed by atoms with E-state index >= 15 is 0 Å². The van der Waals surface area contributed by atoms with Crippen LogP contribution in [0.2, 0.25) is 0 Å². The van der Waals surface area contributed by atoms with Gasteiger partial charge in [-0.1, -0.05) is 18.2 Å². The Labute approximate surface area is 126 Å². The Morgan fingerprint density at radius 1 is 1.24 bits per heavy atom. The van der Waals surface area contributed by atoms with Crippen LogP contribution in [0.3, 0.4) is 0 Å². The van der Waals surface area contributed by atoms with Gasteiger partial charge in [0.2, 0.25) is 0 Å². The van der Waals surface area contributed by atoms with Crippen LogP contribution in [-0.2, 0) is 0 Å². The summed E-state index contributed by atoms with van der Waals surface area (Å²) in [5.74, 6) is -0.361. The molecule has 5 nitrogen and oxygen atoms in total. The highest BCUT2D eigenvalue weighted by molar-refractivity contribution is 7.98. The molecule has 21 heavy (non-hydrogen) atoms. The Balaban J connectivity index is 2.30. The quantitative estimate of drug-likeness (QED) is 0.528. The maximum Gasteiger partial charge on any atom is 0.283 e. The SMILES string of the molecule is CSc1ccc(C(=O)Nc2ccccc2C)cc1[N+](=O)[O-]. The predicted octanol–water partition coefficient (Wildman–Crippen LogP) is 3.88. The van der Waals surface area contributed by atoms with E-state index in [1.165, 1.54) is 17.8 Å². The number of rotatable bonds is 4. The second-order valence-corrected chi connectivity index (χ2v) is 5.26. The van der Waals surface area contributed by atoms with E-state index in [0.29, 0.717) is 10.6 Å². The summed E-state index contributed by atoms with van der Waals surface area (Å²) in [7, 11) is 0. The Bertz CT molecular complexity index is 701. The van der Waals surface area contributed by atoms with Gasteiger partial charge in [0.15, 0.2) is 0 Å². The minimum Gasteiger partial charge on any atom is -0.322 e. The number of anilines is 1. The van der Waals surface area contributed by atoms with Crippen molar-refractivity contribution in [2.24, 2.45) is 0 Å². The maximum atomic E-state index is 12.2. The molecule has 108 valence electrons. The number of benzene rings is 2. The smallest absolute Gasteiger partial charge is 0.283 e. The first-order valence-electron chi connectivity index (χ1n) is 6.22. The van der Waals surface area contributed by atoms with Gasteiger partial charge in [-0.05, 0) is 36.9 Å². The summed E-state index contributed by atoms with van der Waals surface area (Å²) in [6, 6.07) is 11.9. The Morgan fingerprint density at radius 2 is 1.95 bits per heavy atom. The molecule has 0 fully saturated rings. The maximum absolute atomic E-state index is 12.2. The van der Waals surface area contributed by atoms with Crippen LogP contribution in [0.15, 0.2) is 47.4 Å². The van der Waals surface area contributed by atoms with Crippen molar-refractivity contribution in [2.75, 3.05) is 11.6 Å². The molecule has 0 bridgehead atoms. The van der Waals surface area contributed by atoms with Crippen LogP contribution < -0.4 is 5.32 Å². The molecular formula is C15H14N2O3S. The molecular weight excluding hydrogens is 288 g/mol. The summed E-state index contributed by atoms with van der Waals surface area (Å²) in [6.45, 7) is 1.88. The molecule has 0 aliphatic carbocycles. The summed E-state index contributed by atoms with van der Waals surface area (Å²) in [5, 5.41) is 13.8. The molecule has 0 saturated heterocycles. The van der Waals surface area contributed by atoms with Crippen molar-refractivity contribution < 1.29 is 9.72 Å². The van der Waals surface area contributed by atoms with Crippen LogP contribution >= 0.6 is 11.8 Å². The van der Waals surface area contributed by atoms with Gasteiger partial charge in [0.1, 0.15) is 0 Å². The van der Waals surface area contributed by atoms with Crippen molar-refractivity contribution in [3.8, 4) is 0 Å². The molecule has 2 rings (SSSR count). The van der Waals surface area contributed by atoms with Crippen LogP contribution in [0, 0.1) is 17.0 Å². The summed E-state index contributed by atoms with van der Waals surface area (Å²) in [6.07, 6.45) is 1.76. The van der Waals surface area contributed by atoms with E-state index in [4.69, 9.17) is 0 Å². The van der Waals surface area contributed by atoms with Gasteiger partial charge in [0, 0.05) is 17.3 Å². The fraction of sp³-hybridized carbons (Fsp3) is 0.133. The zero-order valence-corrected chi connectivity index (χ0v) is 12.4. The lowest BCUT2D eigenvalue weighted by atomic mass is 10.1. The lowest BCUT2D eigenvalue weighted by Gasteiger charge is -2.08. The summed E-state index contributed by atoms with van der Waals surface area (Å²) < 4.78 is 0. The van der Waals surface area contributed by atoms with Crippen LogP contribution in [0.5, 0.6) is 0 Å². The van der Waals surface area contributed by atoms with Crippen LogP contribution in [0.4, 0.5) is 11.4 Å². The first-order chi connectivity index (χ1) is 10.0. The van der Waals surface area contributed by atoms with Gasteiger partial charge in [-0.15, -0.1) is 11.8 Å². The lowest BCUT2D eigenvalue weighted by Crippen LogP contribution is -2.13. The number of amides is 1. The highest BCUT2D eigenvalue weighted by atomic mass is 32.2. The molecule has 0 heterocycles. The number of carbonyl (C=O) groups is 1. The van der Waals surface area contributed by atoms with Gasteiger partial charge < -0.3 is 5.32 Å². The molecule has 2 aromatic rings. The molecule has 0 aromatic heterocycles. The van der Waals surface area contributed by atoms with E-state index in [0.717, 1.165) is 5.56 Å². The molecule has 0 aliphatic rings. The van der Waals surface area contributed by atoms with Gasteiger partial charge in [0.05, 0.1) is 9.82 Å². The zero-order valence-electron chi connectivity index (χ0n) is 11.6. The Hall–Kier alpha value is -2.34. The molecule has 0 spiro atoms. The lowest BCUT2D eigenvalue weighted by molar-refractivity contribution is -0.387. The number of para-hydroxylation sites is 1. The number of hydrogen-bond acceptors (Lipinski definition) is 4. The molecule has 0 atom stereocenters. The number of thioether (sulfide) groups is 1. The van der Waals surface area contributed by atoms with Gasteiger partial charge in [-0.3, -0.25) is 14.9 Å². The van der Waals surface area contributed by atoms with Crippen LogP contribution in [-0.4, -0.2) is 17.1 Å². The highest BCUT2D eigenvalue weighted by Crippen LogP contribution is 2.28. The number of carbonyl (C=O) groups excluding carboxylic acids is 1. The van der Waals surface area contributed by atoms with E-state index in [2.05, 4.69) is 5.32 Å².